The van der Waals surface area contributed by atoms with Gasteiger partial charge in [-0.15, -0.1) is 11.6 Å². The van der Waals surface area contributed by atoms with E-state index in [1.807, 2.05) is 6.92 Å². The van der Waals surface area contributed by atoms with Gasteiger partial charge in [-0.25, -0.2) is 0 Å². The zero-order valence-electron chi connectivity index (χ0n) is 8.15. The Morgan fingerprint density at radius 1 is 1.62 bits per heavy atom. The maximum Gasteiger partial charge on any atom is 0.0626 e. The zero-order chi connectivity index (χ0) is 10.1. The molecule has 0 aromatic heterocycles. The normalized spacial score (nSPS) is 14.6. The predicted octanol–water partition coefficient (Wildman–Crippen LogP) is 2.36. The molecule has 0 saturated carbocycles. The van der Waals surface area contributed by atoms with Gasteiger partial charge in [0.25, 0.3) is 0 Å². The van der Waals surface area contributed by atoms with Crippen LogP contribution in [0.2, 0.25) is 0 Å². The first kappa shape index (κ1) is 13.2. The van der Waals surface area contributed by atoms with Crippen LogP contribution in [0.1, 0.15) is 13.3 Å². The summed E-state index contributed by atoms with van der Waals surface area (Å²) < 4.78 is 4.91. The Kier molecular flexibility index (Phi) is 8.98. The van der Waals surface area contributed by atoms with Gasteiger partial charge in [0.15, 0.2) is 0 Å². The lowest BCUT2D eigenvalue weighted by Gasteiger charge is -2.08. The topological polar surface area (TPSA) is 21.3 Å². The van der Waals surface area contributed by atoms with Gasteiger partial charge >= 0.3 is 0 Å². The summed E-state index contributed by atoms with van der Waals surface area (Å²) in [7, 11) is 1.66. The first-order valence-corrected chi connectivity index (χ1v) is 5.17. The minimum absolute atomic E-state index is 0.0952. The first-order chi connectivity index (χ1) is 6.20. The summed E-state index contributed by atoms with van der Waals surface area (Å²) in [5, 5.41) is 3.33. The fourth-order valence-corrected chi connectivity index (χ4v) is 1.16. The van der Waals surface area contributed by atoms with Crippen LogP contribution >= 0.6 is 23.2 Å². The van der Waals surface area contributed by atoms with Gasteiger partial charge in [-0.1, -0.05) is 11.6 Å². The Labute approximate surface area is 90.2 Å². The number of ether oxygens (including phenoxy) is 1. The molecule has 0 rings (SSSR count). The minimum atomic E-state index is 0.0952. The number of rotatable bonds is 7. The molecular weight excluding hydrogens is 209 g/mol. The van der Waals surface area contributed by atoms with Crippen molar-refractivity contribution in [2.45, 2.75) is 18.7 Å². The molecule has 1 unspecified atom stereocenters. The van der Waals surface area contributed by atoms with E-state index >= 15 is 0 Å². The van der Waals surface area contributed by atoms with E-state index in [9.17, 15) is 0 Å². The standard InChI is InChI=1S/C9H17Cl2NO/c1-8(5-10)6-12-4-3-9(11)7-13-2/h5,9,12H,3-4,6-7H2,1-2H3. The molecule has 0 amide bonds. The van der Waals surface area contributed by atoms with Crippen molar-refractivity contribution in [3.8, 4) is 0 Å². The van der Waals surface area contributed by atoms with Crippen molar-refractivity contribution >= 4 is 23.2 Å². The van der Waals surface area contributed by atoms with Gasteiger partial charge in [0.1, 0.15) is 0 Å². The van der Waals surface area contributed by atoms with Crippen molar-refractivity contribution in [2.24, 2.45) is 0 Å². The summed E-state index contributed by atoms with van der Waals surface area (Å²) in [6, 6.07) is 0. The molecular formula is C9H17Cl2NO. The molecule has 0 aliphatic carbocycles. The summed E-state index contributed by atoms with van der Waals surface area (Å²) >= 11 is 11.4. The predicted molar refractivity (Wildman–Crippen MR) is 58.6 cm³/mol. The monoisotopic (exact) mass is 225 g/mol. The Morgan fingerprint density at radius 2 is 2.31 bits per heavy atom. The third kappa shape index (κ3) is 8.57. The molecule has 0 heterocycles. The van der Waals surface area contributed by atoms with Crippen LogP contribution in [0.15, 0.2) is 11.1 Å². The van der Waals surface area contributed by atoms with Gasteiger partial charge in [-0.2, -0.15) is 0 Å². The van der Waals surface area contributed by atoms with E-state index in [-0.39, 0.29) is 5.38 Å². The molecule has 0 fully saturated rings. The maximum absolute atomic E-state index is 5.92. The highest BCUT2D eigenvalue weighted by Gasteiger charge is 2.02. The van der Waals surface area contributed by atoms with Crippen molar-refractivity contribution in [1.82, 2.24) is 5.32 Å². The van der Waals surface area contributed by atoms with Crippen molar-refractivity contribution in [2.75, 3.05) is 26.8 Å². The van der Waals surface area contributed by atoms with Crippen molar-refractivity contribution in [3.63, 3.8) is 0 Å². The quantitative estimate of drug-likeness (QED) is 0.531. The number of alkyl halides is 1. The van der Waals surface area contributed by atoms with Gasteiger partial charge in [-0.3, -0.25) is 0 Å². The minimum Gasteiger partial charge on any atom is -0.383 e. The van der Waals surface area contributed by atoms with E-state index in [0.717, 1.165) is 25.1 Å². The van der Waals surface area contributed by atoms with E-state index in [4.69, 9.17) is 27.9 Å². The molecule has 78 valence electrons. The smallest absolute Gasteiger partial charge is 0.0626 e. The van der Waals surface area contributed by atoms with Crippen LogP contribution in [0, 0.1) is 0 Å². The Bertz CT molecular complexity index is 151. The van der Waals surface area contributed by atoms with Gasteiger partial charge in [-0.05, 0) is 25.5 Å². The Balaban J connectivity index is 3.25. The molecule has 0 aliphatic heterocycles. The molecule has 4 heteroatoms. The maximum atomic E-state index is 5.92. The summed E-state index contributed by atoms with van der Waals surface area (Å²) in [6.07, 6.45) is 0.908. The van der Waals surface area contributed by atoms with Crippen LogP contribution in [0.3, 0.4) is 0 Å². The van der Waals surface area contributed by atoms with Crippen molar-refractivity contribution in [3.05, 3.63) is 11.1 Å². The highest BCUT2D eigenvalue weighted by Crippen LogP contribution is 2.01. The van der Waals surface area contributed by atoms with E-state index in [0.29, 0.717) is 6.61 Å². The fraction of sp³-hybridized carbons (Fsp3) is 0.778. The van der Waals surface area contributed by atoms with Gasteiger partial charge in [0.05, 0.1) is 12.0 Å². The first-order valence-electron chi connectivity index (χ1n) is 4.30. The molecule has 0 aromatic rings. The van der Waals surface area contributed by atoms with E-state index in [2.05, 4.69) is 5.32 Å². The molecule has 0 saturated heterocycles. The van der Waals surface area contributed by atoms with Crippen LogP contribution in [-0.2, 0) is 4.74 Å². The van der Waals surface area contributed by atoms with Crippen LogP contribution < -0.4 is 5.32 Å². The SMILES string of the molecule is COCC(Cl)CCNCC(C)=CCl. The lowest BCUT2D eigenvalue weighted by molar-refractivity contribution is 0.195. The van der Waals surface area contributed by atoms with Crippen LogP contribution in [-0.4, -0.2) is 32.2 Å². The van der Waals surface area contributed by atoms with Gasteiger partial charge in [0.2, 0.25) is 0 Å². The molecule has 0 aliphatic rings. The highest BCUT2D eigenvalue weighted by atomic mass is 35.5. The lowest BCUT2D eigenvalue weighted by atomic mass is 10.3. The number of hydrogen-bond donors (Lipinski definition) is 1. The van der Waals surface area contributed by atoms with E-state index in [1.54, 1.807) is 12.6 Å². The third-order valence-electron chi connectivity index (χ3n) is 1.57. The summed E-state index contributed by atoms with van der Waals surface area (Å²) in [5.74, 6) is 0. The molecule has 0 spiro atoms. The molecule has 1 N–H and O–H groups in total. The highest BCUT2D eigenvalue weighted by molar-refractivity contribution is 6.25. The lowest BCUT2D eigenvalue weighted by Crippen LogP contribution is -2.21. The summed E-state index contributed by atoms with van der Waals surface area (Å²) in [4.78, 5) is 0. The van der Waals surface area contributed by atoms with E-state index < -0.39 is 0 Å². The third-order valence-corrected chi connectivity index (χ3v) is 2.29. The molecule has 1 atom stereocenters. The second-order valence-corrected chi connectivity index (χ2v) is 3.81. The average molecular weight is 226 g/mol. The molecule has 0 aromatic carbocycles. The number of halogens is 2. The van der Waals surface area contributed by atoms with Gasteiger partial charge < -0.3 is 10.1 Å². The summed E-state index contributed by atoms with van der Waals surface area (Å²) in [5.41, 5.74) is 2.71. The number of hydrogen-bond acceptors (Lipinski definition) is 2. The molecule has 0 bridgehead atoms. The molecule has 13 heavy (non-hydrogen) atoms. The second kappa shape index (κ2) is 8.82. The Morgan fingerprint density at radius 3 is 2.85 bits per heavy atom. The number of nitrogens with one attached hydrogen (secondary N) is 1. The molecule has 2 nitrogen and oxygen atoms in total. The van der Waals surface area contributed by atoms with Crippen molar-refractivity contribution < 1.29 is 4.74 Å². The fourth-order valence-electron chi connectivity index (χ4n) is 0.847. The van der Waals surface area contributed by atoms with Gasteiger partial charge in [0, 0.05) is 19.2 Å². The zero-order valence-corrected chi connectivity index (χ0v) is 9.66. The summed E-state index contributed by atoms with van der Waals surface area (Å²) in [6.45, 7) is 4.29. The Hall–Kier alpha value is 0.240. The second-order valence-electron chi connectivity index (χ2n) is 2.97. The van der Waals surface area contributed by atoms with Crippen LogP contribution in [0.4, 0.5) is 0 Å². The molecule has 0 radical (unpaired) electrons. The van der Waals surface area contributed by atoms with E-state index in [1.165, 1.54) is 0 Å². The van der Waals surface area contributed by atoms with Crippen molar-refractivity contribution in [1.29, 1.82) is 0 Å². The van der Waals surface area contributed by atoms with Crippen LogP contribution in [0.5, 0.6) is 0 Å². The van der Waals surface area contributed by atoms with Crippen LogP contribution in [0.25, 0.3) is 0 Å². The average Bonchev–Trinajstić information content (AvgIpc) is 2.12. The largest absolute Gasteiger partial charge is 0.383 e. The number of methoxy groups -OCH3 is 1.